The van der Waals surface area contributed by atoms with E-state index in [1.807, 2.05) is 78.9 Å². The summed E-state index contributed by atoms with van der Waals surface area (Å²) in [6, 6.07) is 27.9. The van der Waals surface area contributed by atoms with Crippen molar-refractivity contribution in [1.29, 1.82) is 0 Å². The van der Waals surface area contributed by atoms with Crippen molar-refractivity contribution in [2.75, 3.05) is 5.32 Å². The van der Waals surface area contributed by atoms with Gasteiger partial charge in [0, 0.05) is 11.6 Å². The van der Waals surface area contributed by atoms with Crippen molar-refractivity contribution in [2.45, 2.75) is 19.9 Å². The molecule has 0 radical (unpaired) electrons. The maximum Gasteiger partial charge on any atom is 0.273 e. The van der Waals surface area contributed by atoms with E-state index in [0.717, 1.165) is 11.1 Å². The number of nitrogens with zero attached hydrogens (tertiary/aromatic N) is 2. The molecule has 2 amide bonds. The number of carbonyl (C=O) groups excluding carboxylic acids is 2. The van der Waals surface area contributed by atoms with Crippen LogP contribution in [0.5, 0.6) is 0 Å². The zero-order chi connectivity index (χ0) is 25.6. The van der Waals surface area contributed by atoms with Crippen LogP contribution in [0.1, 0.15) is 27.5 Å². The largest absolute Gasteiger partial charge is 0.441 e. The third-order valence-corrected chi connectivity index (χ3v) is 5.75. The Balaban J connectivity index is 1.26. The molecule has 0 unspecified atom stereocenters. The molecule has 0 saturated carbocycles. The van der Waals surface area contributed by atoms with Crippen LogP contribution < -0.4 is 10.6 Å². The molecule has 0 saturated heterocycles. The molecule has 0 bridgehead atoms. The van der Waals surface area contributed by atoms with Gasteiger partial charge in [0.15, 0.2) is 11.5 Å². The van der Waals surface area contributed by atoms with E-state index in [9.17, 15) is 9.59 Å². The van der Waals surface area contributed by atoms with Gasteiger partial charge in [-0.2, -0.15) is 0 Å². The summed E-state index contributed by atoms with van der Waals surface area (Å²) in [5.41, 5.74) is 3.74. The minimum absolute atomic E-state index is 0.142. The van der Waals surface area contributed by atoms with Gasteiger partial charge >= 0.3 is 0 Å². The molecule has 5 rings (SSSR count). The number of carbonyl (C=O) groups is 2. The average Bonchev–Trinajstić information content (AvgIpc) is 3.56. The lowest BCUT2D eigenvalue weighted by molar-refractivity contribution is -0.115. The van der Waals surface area contributed by atoms with E-state index in [4.69, 9.17) is 8.94 Å². The molecule has 2 aromatic heterocycles. The number of para-hydroxylation sites is 1. The number of hydrogen-bond acceptors (Lipinski definition) is 6. The highest BCUT2D eigenvalue weighted by Crippen LogP contribution is 2.29. The fraction of sp³-hybridized carbons (Fsp3) is 0.103. The molecule has 0 aliphatic carbocycles. The van der Waals surface area contributed by atoms with Gasteiger partial charge in [-0.15, -0.1) is 0 Å². The van der Waals surface area contributed by atoms with Crippen molar-refractivity contribution >= 4 is 17.5 Å². The first-order valence-electron chi connectivity index (χ1n) is 11.8. The van der Waals surface area contributed by atoms with Gasteiger partial charge in [0.1, 0.15) is 11.5 Å². The number of hydrogen-bond donors (Lipinski definition) is 2. The van der Waals surface area contributed by atoms with E-state index < -0.39 is 0 Å². The molecular formula is C29H24N4O4. The molecule has 8 heteroatoms. The van der Waals surface area contributed by atoms with Crippen molar-refractivity contribution in [3.05, 3.63) is 114 Å². The first-order chi connectivity index (χ1) is 18.1. The van der Waals surface area contributed by atoms with Crippen molar-refractivity contribution in [3.63, 3.8) is 0 Å². The minimum atomic E-state index is -0.386. The highest BCUT2D eigenvalue weighted by Gasteiger charge is 2.18. The van der Waals surface area contributed by atoms with Crippen LogP contribution >= 0.6 is 0 Å². The molecule has 3 aromatic carbocycles. The highest BCUT2D eigenvalue weighted by molar-refractivity contribution is 5.96. The summed E-state index contributed by atoms with van der Waals surface area (Å²) >= 11 is 0. The van der Waals surface area contributed by atoms with E-state index in [1.54, 1.807) is 19.1 Å². The Morgan fingerprint density at radius 3 is 2.38 bits per heavy atom. The van der Waals surface area contributed by atoms with E-state index in [-0.39, 0.29) is 30.5 Å². The fourth-order valence-electron chi connectivity index (χ4n) is 3.84. The maximum absolute atomic E-state index is 12.6. The van der Waals surface area contributed by atoms with Crippen LogP contribution in [0.15, 0.2) is 99.9 Å². The molecule has 37 heavy (non-hydrogen) atoms. The molecular weight excluding hydrogens is 468 g/mol. The van der Waals surface area contributed by atoms with Crippen LogP contribution in [0.2, 0.25) is 0 Å². The highest BCUT2D eigenvalue weighted by atomic mass is 16.5. The topological polar surface area (TPSA) is 110 Å². The summed E-state index contributed by atoms with van der Waals surface area (Å²) in [4.78, 5) is 29.8. The SMILES string of the molecule is Cc1oc(-c2ccccc2NC(=O)Cc2ccccc2)nc1CNC(=O)c1cc(-c2ccccc2)on1. The van der Waals surface area contributed by atoms with Gasteiger partial charge in [-0.05, 0) is 24.6 Å². The second-order valence-corrected chi connectivity index (χ2v) is 8.40. The van der Waals surface area contributed by atoms with Crippen LogP contribution in [0.4, 0.5) is 5.69 Å². The van der Waals surface area contributed by atoms with Gasteiger partial charge in [-0.25, -0.2) is 4.98 Å². The van der Waals surface area contributed by atoms with E-state index in [2.05, 4.69) is 20.8 Å². The summed E-state index contributed by atoms with van der Waals surface area (Å²) < 4.78 is 11.2. The van der Waals surface area contributed by atoms with Crippen molar-refractivity contribution in [1.82, 2.24) is 15.5 Å². The van der Waals surface area contributed by atoms with Crippen LogP contribution in [0.25, 0.3) is 22.8 Å². The van der Waals surface area contributed by atoms with Crippen molar-refractivity contribution in [2.24, 2.45) is 0 Å². The number of aromatic nitrogens is 2. The van der Waals surface area contributed by atoms with E-state index >= 15 is 0 Å². The maximum atomic E-state index is 12.6. The van der Waals surface area contributed by atoms with Gasteiger partial charge in [0.2, 0.25) is 11.8 Å². The van der Waals surface area contributed by atoms with Gasteiger partial charge in [-0.1, -0.05) is 78.0 Å². The first-order valence-corrected chi connectivity index (χ1v) is 11.8. The zero-order valence-corrected chi connectivity index (χ0v) is 20.1. The van der Waals surface area contributed by atoms with Crippen molar-refractivity contribution in [3.8, 4) is 22.8 Å². The Bertz CT molecular complexity index is 1520. The molecule has 2 heterocycles. The van der Waals surface area contributed by atoms with E-state index in [0.29, 0.717) is 34.4 Å². The zero-order valence-electron chi connectivity index (χ0n) is 20.1. The lowest BCUT2D eigenvalue weighted by Gasteiger charge is -2.09. The Kier molecular flexibility index (Phi) is 6.89. The molecule has 184 valence electrons. The molecule has 0 fully saturated rings. The van der Waals surface area contributed by atoms with Gasteiger partial charge in [0.05, 0.1) is 24.2 Å². The molecule has 0 aliphatic rings. The molecule has 2 N–H and O–H groups in total. The minimum Gasteiger partial charge on any atom is -0.441 e. The number of benzene rings is 3. The Morgan fingerprint density at radius 1 is 0.892 bits per heavy atom. The van der Waals surface area contributed by atoms with Gasteiger partial charge in [0.25, 0.3) is 5.91 Å². The van der Waals surface area contributed by atoms with Crippen LogP contribution in [0.3, 0.4) is 0 Å². The Morgan fingerprint density at radius 2 is 1.59 bits per heavy atom. The molecule has 5 aromatic rings. The summed E-state index contributed by atoms with van der Waals surface area (Å²) in [6.45, 7) is 1.92. The summed E-state index contributed by atoms with van der Waals surface area (Å²) in [7, 11) is 0. The number of aryl methyl sites for hydroxylation is 1. The van der Waals surface area contributed by atoms with Crippen LogP contribution in [-0.4, -0.2) is 22.0 Å². The molecule has 0 spiro atoms. The van der Waals surface area contributed by atoms with Crippen LogP contribution in [-0.2, 0) is 17.8 Å². The lowest BCUT2D eigenvalue weighted by atomic mass is 10.1. The molecule has 0 aliphatic heterocycles. The van der Waals surface area contributed by atoms with Gasteiger partial charge in [-0.3, -0.25) is 9.59 Å². The lowest BCUT2D eigenvalue weighted by Crippen LogP contribution is -2.23. The van der Waals surface area contributed by atoms with E-state index in [1.165, 1.54) is 0 Å². The quantitative estimate of drug-likeness (QED) is 0.299. The monoisotopic (exact) mass is 492 g/mol. The average molecular weight is 493 g/mol. The molecule has 8 nitrogen and oxygen atoms in total. The normalized spacial score (nSPS) is 10.7. The third-order valence-electron chi connectivity index (χ3n) is 5.75. The molecule has 0 atom stereocenters. The standard InChI is InChI=1S/C29H24N4O4/c1-19-25(18-30-28(35)24-17-26(37-33-24)21-12-6-3-7-13-21)32-29(36-19)22-14-8-9-15-23(22)31-27(34)16-20-10-4-2-5-11-20/h2-15,17H,16,18H2,1H3,(H,30,35)(H,31,34). The third kappa shape index (κ3) is 5.65. The number of nitrogens with one attached hydrogen (secondary N) is 2. The number of oxazole rings is 1. The van der Waals surface area contributed by atoms with Crippen LogP contribution in [0, 0.1) is 6.92 Å². The predicted molar refractivity (Wildman–Crippen MR) is 139 cm³/mol. The Hall–Kier alpha value is -4.98. The summed E-state index contributed by atoms with van der Waals surface area (Å²) in [6.07, 6.45) is 0.255. The summed E-state index contributed by atoms with van der Waals surface area (Å²) in [5.74, 6) is 0.896. The smallest absolute Gasteiger partial charge is 0.273 e. The number of anilines is 1. The number of amides is 2. The second kappa shape index (κ2) is 10.7. The Labute approximate surface area is 213 Å². The predicted octanol–water partition coefficient (Wildman–Crippen LogP) is 5.42. The number of rotatable bonds is 8. The van der Waals surface area contributed by atoms with Crippen molar-refractivity contribution < 1.29 is 18.5 Å². The summed E-state index contributed by atoms with van der Waals surface area (Å²) in [5, 5.41) is 9.63. The first kappa shape index (κ1) is 23.7. The second-order valence-electron chi connectivity index (χ2n) is 8.40. The van der Waals surface area contributed by atoms with Gasteiger partial charge < -0.3 is 19.6 Å². The fourth-order valence-corrected chi connectivity index (χ4v) is 3.84.